The molecule has 0 aliphatic carbocycles. The van der Waals surface area contributed by atoms with E-state index in [9.17, 15) is 19.7 Å². The Morgan fingerprint density at radius 3 is 2.42 bits per heavy atom. The summed E-state index contributed by atoms with van der Waals surface area (Å²) in [6, 6.07) is 10.7. The number of amides is 1. The van der Waals surface area contributed by atoms with Gasteiger partial charge in [-0.1, -0.05) is 0 Å². The zero-order valence-electron chi connectivity index (χ0n) is 16.5. The number of carbonyl (C=O) groups is 2. The highest BCUT2D eigenvalue weighted by atomic mass is 16.6. The van der Waals surface area contributed by atoms with Crippen LogP contribution in [0.2, 0.25) is 0 Å². The van der Waals surface area contributed by atoms with Crippen molar-refractivity contribution in [1.29, 1.82) is 0 Å². The Bertz CT molecular complexity index is 1120. The summed E-state index contributed by atoms with van der Waals surface area (Å²) in [4.78, 5) is 34.6. The highest BCUT2D eigenvalue weighted by molar-refractivity contribution is 6.03. The first-order valence-electron chi connectivity index (χ1n) is 8.97. The summed E-state index contributed by atoms with van der Waals surface area (Å²) in [5.41, 5.74) is -0.216. The van der Waals surface area contributed by atoms with Crippen LogP contribution in [0.3, 0.4) is 0 Å². The molecule has 0 saturated carbocycles. The van der Waals surface area contributed by atoms with Gasteiger partial charge < -0.3 is 19.9 Å². The molecule has 0 aliphatic heterocycles. The molecular formula is C20H18N4O7. The third kappa shape index (κ3) is 4.96. The van der Waals surface area contributed by atoms with Gasteiger partial charge in [0.15, 0.2) is 0 Å². The number of non-ortho nitro benzene ring substituents is 1. The van der Waals surface area contributed by atoms with Crippen LogP contribution in [0.1, 0.15) is 23.5 Å². The summed E-state index contributed by atoms with van der Waals surface area (Å²) < 4.78 is 11.8. The molecule has 0 spiro atoms. The van der Waals surface area contributed by atoms with Crippen molar-refractivity contribution in [3.05, 3.63) is 70.5 Å². The van der Waals surface area contributed by atoms with E-state index in [4.69, 9.17) is 14.6 Å². The monoisotopic (exact) mass is 426 g/mol. The molecule has 1 unspecified atom stereocenters. The van der Waals surface area contributed by atoms with E-state index in [-0.39, 0.29) is 22.8 Å². The molecule has 3 aromatic rings. The Kier molecular flexibility index (Phi) is 6.15. The maximum absolute atomic E-state index is 12.7. The van der Waals surface area contributed by atoms with Crippen LogP contribution in [0.4, 0.5) is 11.4 Å². The van der Waals surface area contributed by atoms with Gasteiger partial charge in [-0.05, 0) is 37.3 Å². The lowest BCUT2D eigenvalue weighted by molar-refractivity contribution is -0.384. The van der Waals surface area contributed by atoms with Crippen LogP contribution < -0.4 is 14.8 Å². The van der Waals surface area contributed by atoms with Crippen LogP contribution in [-0.2, 0) is 4.79 Å². The molecule has 0 fully saturated rings. The largest absolute Gasteiger partial charge is 0.497 e. The number of nitro groups is 1. The molecule has 1 atom stereocenters. The minimum Gasteiger partial charge on any atom is -0.497 e. The minimum atomic E-state index is -1.16. The number of carbonyl (C=O) groups excluding carboxylic acids is 1. The molecule has 31 heavy (non-hydrogen) atoms. The highest BCUT2D eigenvalue weighted by Gasteiger charge is 2.22. The Balaban J connectivity index is 1.87. The molecule has 0 saturated heterocycles. The van der Waals surface area contributed by atoms with Crippen molar-refractivity contribution < 1.29 is 29.1 Å². The molecule has 0 bridgehead atoms. The summed E-state index contributed by atoms with van der Waals surface area (Å²) >= 11 is 0. The lowest BCUT2D eigenvalue weighted by Crippen LogP contribution is -2.24. The van der Waals surface area contributed by atoms with Crippen LogP contribution in [0.5, 0.6) is 17.2 Å². The lowest BCUT2D eigenvalue weighted by Gasteiger charge is -2.12. The van der Waals surface area contributed by atoms with Gasteiger partial charge >= 0.3 is 5.97 Å². The zero-order valence-corrected chi connectivity index (χ0v) is 16.5. The number of nitrogens with zero attached hydrogens (tertiary/aromatic N) is 3. The fourth-order valence-electron chi connectivity index (χ4n) is 2.70. The van der Waals surface area contributed by atoms with Crippen LogP contribution in [0.15, 0.2) is 54.7 Å². The number of hydrogen-bond acceptors (Lipinski definition) is 7. The van der Waals surface area contributed by atoms with Crippen molar-refractivity contribution in [3.8, 4) is 17.2 Å². The van der Waals surface area contributed by atoms with Gasteiger partial charge in [0.25, 0.3) is 11.6 Å². The van der Waals surface area contributed by atoms with E-state index >= 15 is 0 Å². The second-order valence-corrected chi connectivity index (χ2v) is 6.38. The quantitative estimate of drug-likeness (QED) is 0.411. The number of aliphatic carboxylic acids is 1. The summed E-state index contributed by atoms with van der Waals surface area (Å²) in [7, 11) is 1.52. The molecule has 0 radical (unpaired) electrons. The normalized spacial score (nSPS) is 11.4. The summed E-state index contributed by atoms with van der Waals surface area (Å²) in [6.45, 7) is 1.38. The van der Waals surface area contributed by atoms with Crippen molar-refractivity contribution in [2.75, 3.05) is 12.4 Å². The predicted octanol–water partition coefficient (Wildman–Crippen LogP) is 3.49. The second-order valence-electron chi connectivity index (χ2n) is 6.38. The second kappa shape index (κ2) is 8.95. The minimum absolute atomic E-state index is 0.0148. The summed E-state index contributed by atoms with van der Waals surface area (Å²) in [6.07, 6.45) is 1.29. The van der Waals surface area contributed by atoms with Crippen molar-refractivity contribution in [2.24, 2.45) is 0 Å². The van der Waals surface area contributed by atoms with E-state index in [1.807, 2.05) is 0 Å². The Hall–Kier alpha value is -4.41. The molecule has 1 heterocycles. The molecule has 11 heteroatoms. The van der Waals surface area contributed by atoms with Gasteiger partial charge in [0.2, 0.25) is 0 Å². The lowest BCUT2D eigenvalue weighted by atomic mass is 10.2. The first-order chi connectivity index (χ1) is 14.8. The molecule has 2 aromatic carbocycles. The molecular weight excluding hydrogens is 408 g/mol. The number of hydrogen-bond donors (Lipinski definition) is 2. The standard InChI is InChI=1S/C20H18N4O7/c1-12(20(26)27)23-18(7-8-21-23)19(25)22-13-9-14(24(28)29)11-17(10-13)31-16-5-3-15(30-2)4-6-16/h3-12H,1-2H3,(H,22,25)(H,26,27). The van der Waals surface area contributed by atoms with Crippen molar-refractivity contribution in [3.63, 3.8) is 0 Å². The van der Waals surface area contributed by atoms with E-state index < -0.39 is 22.8 Å². The van der Waals surface area contributed by atoms with Gasteiger partial charge in [0.1, 0.15) is 29.0 Å². The molecule has 160 valence electrons. The van der Waals surface area contributed by atoms with Gasteiger partial charge in [0, 0.05) is 18.3 Å². The SMILES string of the molecule is COc1ccc(Oc2cc(NC(=O)c3ccnn3C(C)C(=O)O)cc([N+](=O)[O-])c2)cc1. The van der Waals surface area contributed by atoms with Crippen LogP contribution in [-0.4, -0.2) is 38.8 Å². The fraction of sp³-hybridized carbons (Fsp3) is 0.150. The number of rotatable bonds is 8. The average molecular weight is 426 g/mol. The van der Waals surface area contributed by atoms with Gasteiger partial charge in [0.05, 0.1) is 23.8 Å². The molecule has 2 N–H and O–H groups in total. The summed E-state index contributed by atoms with van der Waals surface area (Å²) in [5, 5.41) is 26.9. The van der Waals surface area contributed by atoms with Crippen LogP contribution in [0, 0.1) is 10.1 Å². The number of anilines is 1. The number of methoxy groups -OCH3 is 1. The predicted molar refractivity (Wildman–Crippen MR) is 109 cm³/mol. The Morgan fingerprint density at radius 1 is 1.13 bits per heavy atom. The first-order valence-corrected chi connectivity index (χ1v) is 8.97. The third-order valence-electron chi connectivity index (χ3n) is 4.28. The number of carboxylic acids is 1. The van der Waals surface area contributed by atoms with E-state index in [1.54, 1.807) is 24.3 Å². The average Bonchev–Trinajstić information content (AvgIpc) is 3.23. The fourth-order valence-corrected chi connectivity index (χ4v) is 2.70. The number of aromatic nitrogens is 2. The van der Waals surface area contributed by atoms with Crippen molar-refractivity contribution >= 4 is 23.3 Å². The van der Waals surface area contributed by atoms with Crippen molar-refractivity contribution in [1.82, 2.24) is 9.78 Å². The highest BCUT2D eigenvalue weighted by Crippen LogP contribution is 2.30. The molecule has 11 nitrogen and oxygen atoms in total. The third-order valence-corrected chi connectivity index (χ3v) is 4.28. The van der Waals surface area contributed by atoms with E-state index in [1.165, 1.54) is 44.5 Å². The van der Waals surface area contributed by atoms with E-state index in [0.717, 1.165) is 4.68 Å². The number of benzene rings is 2. The van der Waals surface area contributed by atoms with Gasteiger partial charge in [-0.2, -0.15) is 5.10 Å². The summed E-state index contributed by atoms with van der Waals surface area (Å²) in [5.74, 6) is -0.690. The molecule has 3 rings (SSSR count). The topological polar surface area (TPSA) is 146 Å². The van der Waals surface area contributed by atoms with Crippen LogP contribution in [0.25, 0.3) is 0 Å². The maximum atomic E-state index is 12.7. The number of nitrogens with one attached hydrogen (secondary N) is 1. The van der Waals surface area contributed by atoms with Gasteiger partial charge in [-0.25, -0.2) is 9.48 Å². The van der Waals surface area contributed by atoms with Crippen molar-refractivity contribution in [2.45, 2.75) is 13.0 Å². The van der Waals surface area contributed by atoms with Gasteiger partial charge in [-0.3, -0.25) is 14.9 Å². The van der Waals surface area contributed by atoms with Crippen LogP contribution >= 0.6 is 0 Å². The Labute approximate surface area is 176 Å². The zero-order chi connectivity index (χ0) is 22.5. The van der Waals surface area contributed by atoms with E-state index in [2.05, 4.69) is 10.4 Å². The van der Waals surface area contributed by atoms with E-state index in [0.29, 0.717) is 11.5 Å². The van der Waals surface area contributed by atoms with Gasteiger partial charge in [-0.15, -0.1) is 0 Å². The Morgan fingerprint density at radius 2 is 1.81 bits per heavy atom. The molecule has 1 amide bonds. The number of nitro benzene ring substituents is 1. The molecule has 1 aromatic heterocycles. The number of ether oxygens (including phenoxy) is 2. The smallest absolute Gasteiger partial charge is 0.328 e. The maximum Gasteiger partial charge on any atom is 0.328 e. The first kappa shape index (κ1) is 21.3. The number of carboxylic acid groups (broad SMARTS) is 1. The molecule has 0 aliphatic rings.